The number of methoxy groups -OCH3 is 1. The number of anilines is 1. The van der Waals surface area contributed by atoms with E-state index < -0.39 is 24.3 Å². The zero-order valence-corrected chi connectivity index (χ0v) is 9.60. The Morgan fingerprint density at radius 3 is 2.28 bits per heavy atom. The van der Waals surface area contributed by atoms with Gasteiger partial charge in [-0.25, -0.2) is 0 Å². The Morgan fingerprint density at radius 2 is 1.78 bits per heavy atom. The molecular formula is C11H12N2O5. The van der Waals surface area contributed by atoms with Gasteiger partial charge in [0.1, 0.15) is 12.3 Å². The number of hydrogen-bond acceptors (Lipinski definition) is 4. The molecule has 0 aliphatic rings. The maximum absolute atomic E-state index is 11.3. The third-order valence-electron chi connectivity index (χ3n) is 1.95. The number of carboxylic acid groups (broad SMARTS) is 1. The molecule has 7 nitrogen and oxygen atoms in total. The van der Waals surface area contributed by atoms with Crippen LogP contribution < -0.4 is 15.4 Å². The second-order valence-corrected chi connectivity index (χ2v) is 3.26. The first kappa shape index (κ1) is 13.5. The molecule has 0 aliphatic heterocycles. The lowest BCUT2D eigenvalue weighted by Crippen LogP contribution is -2.38. The lowest BCUT2D eigenvalue weighted by Gasteiger charge is -2.05. The summed E-state index contributed by atoms with van der Waals surface area (Å²) in [4.78, 5) is 32.7. The first-order chi connectivity index (χ1) is 8.52. The normalized spacial score (nSPS) is 9.39. The highest BCUT2D eigenvalue weighted by Gasteiger charge is 2.14. The van der Waals surface area contributed by atoms with E-state index in [1.807, 2.05) is 5.32 Å². The largest absolute Gasteiger partial charge is 0.497 e. The number of carbonyl (C=O) groups is 3. The number of carbonyl (C=O) groups excluding carboxylic acids is 2. The number of hydrogen-bond donors (Lipinski definition) is 3. The Kier molecular flexibility index (Phi) is 4.67. The fourth-order valence-electron chi connectivity index (χ4n) is 1.10. The van der Waals surface area contributed by atoms with Gasteiger partial charge in [-0.1, -0.05) is 0 Å². The minimum Gasteiger partial charge on any atom is -0.497 e. The second kappa shape index (κ2) is 6.24. The number of aliphatic carboxylic acids is 1. The Bertz CT molecular complexity index is 455. The maximum Gasteiger partial charge on any atom is 0.322 e. The van der Waals surface area contributed by atoms with Crippen molar-refractivity contribution in [2.24, 2.45) is 0 Å². The van der Waals surface area contributed by atoms with Gasteiger partial charge >= 0.3 is 17.8 Å². The number of ether oxygens (including phenoxy) is 1. The highest BCUT2D eigenvalue weighted by molar-refractivity contribution is 6.39. The average molecular weight is 252 g/mol. The summed E-state index contributed by atoms with van der Waals surface area (Å²) in [5.41, 5.74) is 0.409. The smallest absolute Gasteiger partial charge is 0.322 e. The summed E-state index contributed by atoms with van der Waals surface area (Å²) in [6, 6.07) is 6.35. The van der Waals surface area contributed by atoms with Crippen molar-refractivity contribution >= 4 is 23.5 Å². The summed E-state index contributed by atoms with van der Waals surface area (Å²) in [6.07, 6.45) is 0. The summed E-state index contributed by atoms with van der Waals surface area (Å²) in [5.74, 6) is -2.54. The highest BCUT2D eigenvalue weighted by Crippen LogP contribution is 2.14. The van der Waals surface area contributed by atoms with Crippen LogP contribution in [0, 0.1) is 0 Å². The molecule has 1 aromatic rings. The molecular weight excluding hydrogens is 240 g/mol. The van der Waals surface area contributed by atoms with Crippen molar-refractivity contribution in [3.8, 4) is 5.75 Å². The molecule has 2 amide bonds. The van der Waals surface area contributed by atoms with Crippen LogP contribution in [0.3, 0.4) is 0 Å². The van der Waals surface area contributed by atoms with Gasteiger partial charge in [-0.3, -0.25) is 14.4 Å². The number of nitrogens with one attached hydrogen (secondary N) is 2. The zero-order valence-electron chi connectivity index (χ0n) is 9.60. The van der Waals surface area contributed by atoms with E-state index in [2.05, 4.69) is 5.32 Å². The predicted octanol–water partition coefficient (Wildman–Crippen LogP) is -0.166. The number of carboxylic acids is 1. The van der Waals surface area contributed by atoms with Crippen molar-refractivity contribution in [3.63, 3.8) is 0 Å². The Balaban J connectivity index is 2.52. The van der Waals surface area contributed by atoms with E-state index in [1.54, 1.807) is 24.3 Å². The fraction of sp³-hybridized carbons (Fsp3) is 0.182. The van der Waals surface area contributed by atoms with Crippen molar-refractivity contribution in [1.29, 1.82) is 0 Å². The van der Waals surface area contributed by atoms with Crippen molar-refractivity contribution in [2.45, 2.75) is 0 Å². The lowest BCUT2D eigenvalue weighted by molar-refractivity contribution is -0.140. The SMILES string of the molecule is COc1ccc(NC(=O)C(=O)NCC(=O)O)cc1. The van der Waals surface area contributed by atoms with Gasteiger partial charge in [0.25, 0.3) is 0 Å². The van der Waals surface area contributed by atoms with Gasteiger partial charge in [-0.15, -0.1) is 0 Å². The maximum atomic E-state index is 11.3. The molecule has 0 bridgehead atoms. The molecule has 0 saturated carbocycles. The van der Waals surface area contributed by atoms with Crippen LogP contribution >= 0.6 is 0 Å². The van der Waals surface area contributed by atoms with E-state index >= 15 is 0 Å². The molecule has 18 heavy (non-hydrogen) atoms. The molecule has 0 aliphatic carbocycles. The van der Waals surface area contributed by atoms with Crippen LogP contribution in [0.15, 0.2) is 24.3 Å². The average Bonchev–Trinajstić information content (AvgIpc) is 2.36. The molecule has 1 rings (SSSR count). The van der Waals surface area contributed by atoms with Crippen molar-refractivity contribution in [2.75, 3.05) is 19.0 Å². The van der Waals surface area contributed by atoms with Gasteiger partial charge < -0.3 is 20.5 Å². The third kappa shape index (κ3) is 4.12. The first-order valence-electron chi connectivity index (χ1n) is 4.98. The summed E-state index contributed by atoms with van der Waals surface area (Å²) >= 11 is 0. The number of rotatable bonds is 4. The molecule has 0 aromatic heterocycles. The third-order valence-corrected chi connectivity index (χ3v) is 1.95. The quantitative estimate of drug-likeness (QED) is 0.645. The molecule has 0 spiro atoms. The second-order valence-electron chi connectivity index (χ2n) is 3.26. The van der Waals surface area contributed by atoms with E-state index in [0.717, 1.165) is 0 Å². The molecule has 7 heteroatoms. The molecule has 0 fully saturated rings. The monoisotopic (exact) mass is 252 g/mol. The minimum atomic E-state index is -1.22. The van der Waals surface area contributed by atoms with E-state index in [4.69, 9.17) is 9.84 Å². The van der Waals surface area contributed by atoms with Crippen LogP contribution in [0.1, 0.15) is 0 Å². The van der Waals surface area contributed by atoms with Crippen LogP contribution in [0.25, 0.3) is 0 Å². The molecule has 0 atom stereocenters. The standard InChI is InChI=1S/C11H12N2O5/c1-18-8-4-2-7(3-5-8)13-11(17)10(16)12-6-9(14)15/h2-5H,6H2,1H3,(H,12,16)(H,13,17)(H,14,15). The molecule has 0 unspecified atom stereocenters. The summed E-state index contributed by atoms with van der Waals surface area (Å²) in [7, 11) is 1.51. The Hall–Kier alpha value is -2.57. The van der Waals surface area contributed by atoms with Crippen molar-refractivity contribution < 1.29 is 24.2 Å². The van der Waals surface area contributed by atoms with Crippen LogP contribution in [0.4, 0.5) is 5.69 Å². The van der Waals surface area contributed by atoms with Gasteiger partial charge in [-0.05, 0) is 24.3 Å². The Labute approximate surface area is 103 Å². The van der Waals surface area contributed by atoms with Crippen molar-refractivity contribution in [3.05, 3.63) is 24.3 Å². The van der Waals surface area contributed by atoms with Crippen molar-refractivity contribution in [1.82, 2.24) is 5.32 Å². The molecule has 3 N–H and O–H groups in total. The number of amides is 2. The van der Waals surface area contributed by atoms with Gasteiger partial charge in [0, 0.05) is 5.69 Å². The van der Waals surface area contributed by atoms with Gasteiger partial charge in [0.2, 0.25) is 0 Å². The van der Waals surface area contributed by atoms with E-state index in [0.29, 0.717) is 11.4 Å². The van der Waals surface area contributed by atoms with Gasteiger partial charge in [0.15, 0.2) is 0 Å². The van der Waals surface area contributed by atoms with Crippen LogP contribution in [-0.4, -0.2) is 36.5 Å². The predicted molar refractivity (Wildman–Crippen MR) is 62.3 cm³/mol. The van der Waals surface area contributed by atoms with Crippen LogP contribution in [-0.2, 0) is 14.4 Å². The van der Waals surface area contributed by atoms with E-state index in [9.17, 15) is 14.4 Å². The first-order valence-corrected chi connectivity index (χ1v) is 4.98. The molecule has 1 aromatic carbocycles. The topological polar surface area (TPSA) is 105 Å². The summed E-state index contributed by atoms with van der Waals surface area (Å²) in [5, 5.41) is 12.6. The molecule has 0 saturated heterocycles. The van der Waals surface area contributed by atoms with Gasteiger partial charge in [-0.2, -0.15) is 0 Å². The van der Waals surface area contributed by atoms with Crippen LogP contribution in [0.2, 0.25) is 0 Å². The van der Waals surface area contributed by atoms with Gasteiger partial charge in [0.05, 0.1) is 7.11 Å². The zero-order chi connectivity index (χ0) is 13.5. The lowest BCUT2D eigenvalue weighted by atomic mass is 10.3. The fourth-order valence-corrected chi connectivity index (χ4v) is 1.10. The molecule has 0 radical (unpaired) electrons. The number of benzene rings is 1. The molecule has 0 heterocycles. The summed E-state index contributed by atoms with van der Waals surface area (Å²) in [6.45, 7) is -0.602. The summed E-state index contributed by atoms with van der Waals surface area (Å²) < 4.78 is 4.93. The highest BCUT2D eigenvalue weighted by atomic mass is 16.5. The minimum absolute atomic E-state index is 0.409. The Morgan fingerprint density at radius 1 is 1.17 bits per heavy atom. The van der Waals surface area contributed by atoms with E-state index in [1.165, 1.54) is 7.11 Å². The molecule has 96 valence electrons. The van der Waals surface area contributed by atoms with Crippen LogP contribution in [0.5, 0.6) is 5.75 Å². The van der Waals surface area contributed by atoms with E-state index in [-0.39, 0.29) is 0 Å².